The van der Waals surface area contributed by atoms with Gasteiger partial charge in [0.1, 0.15) is 6.04 Å². The van der Waals surface area contributed by atoms with Crippen molar-refractivity contribution in [3.63, 3.8) is 0 Å². The van der Waals surface area contributed by atoms with Crippen LogP contribution in [0.25, 0.3) is 10.8 Å². The van der Waals surface area contributed by atoms with Crippen LogP contribution in [0.2, 0.25) is 0 Å². The Morgan fingerprint density at radius 2 is 1.57 bits per heavy atom. The topological polar surface area (TPSA) is 88.5 Å². The Morgan fingerprint density at radius 1 is 1.00 bits per heavy atom. The minimum absolute atomic E-state index is 0.118. The number of amides is 4. The summed E-state index contributed by atoms with van der Waals surface area (Å²) >= 11 is 0. The third-order valence-corrected chi connectivity index (χ3v) is 4.33. The summed E-state index contributed by atoms with van der Waals surface area (Å²) in [4.78, 5) is 49.4. The number of benzene rings is 1. The fraction of sp³-hybridized carbons (Fsp3) is 0.250. The first-order valence-corrected chi connectivity index (χ1v) is 7.27. The highest BCUT2D eigenvalue weighted by atomic mass is 16.2. The molecule has 1 aromatic heterocycles. The molecule has 116 valence electrons. The van der Waals surface area contributed by atoms with E-state index in [1.54, 1.807) is 12.1 Å². The fourth-order valence-electron chi connectivity index (χ4n) is 3.25. The van der Waals surface area contributed by atoms with Gasteiger partial charge in [0.05, 0.1) is 11.1 Å². The summed E-state index contributed by atoms with van der Waals surface area (Å²) in [6.07, 6.45) is 4.01. The molecular formula is C16H13N3O4. The van der Waals surface area contributed by atoms with Gasteiger partial charge in [-0.2, -0.15) is 0 Å². The van der Waals surface area contributed by atoms with E-state index in [2.05, 4.69) is 5.32 Å². The Labute approximate surface area is 130 Å². The maximum atomic E-state index is 12.6. The second-order valence-electron chi connectivity index (χ2n) is 5.90. The highest BCUT2D eigenvalue weighted by Crippen LogP contribution is 2.31. The Balaban J connectivity index is 1.77. The molecule has 1 N–H and O–H groups in total. The van der Waals surface area contributed by atoms with Gasteiger partial charge in [0.15, 0.2) is 0 Å². The quantitative estimate of drug-likeness (QED) is 0.780. The Bertz CT molecular complexity index is 858. The van der Waals surface area contributed by atoms with Gasteiger partial charge in [-0.05, 0) is 18.6 Å². The largest absolute Gasteiger partial charge is 0.356 e. The minimum Gasteiger partial charge on any atom is -0.356 e. The molecule has 0 radical (unpaired) electrons. The van der Waals surface area contributed by atoms with E-state index < -0.39 is 23.8 Å². The van der Waals surface area contributed by atoms with Gasteiger partial charge in [-0.3, -0.25) is 29.4 Å². The first-order chi connectivity index (χ1) is 11.0. The number of nitrogens with one attached hydrogen (secondary N) is 1. The van der Waals surface area contributed by atoms with Gasteiger partial charge < -0.3 is 4.57 Å². The highest BCUT2D eigenvalue weighted by molar-refractivity contribution is 6.25. The monoisotopic (exact) mass is 311 g/mol. The van der Waals surface area contributed by atoms with Crippen LogP contribution < -0.4 is 5.32 Å². The van der Waals surface area contributed by atoms with E-state index in [9.17, 15) is 19.2 Å². The summed E-state index contributed by atoms with van der Waals surface area (Å²) in [5.74, 6) is -1.94. The third kappa shape index (κ3) is 1.89. The van der Waals surface area contributed by atoms with Crippen molar-refractivity contribution in [3.05, 3.63) is 35.7 Å². The van der Waals surface area contributed by atoms with Crippen LogP contribution in [0.1, 0.15) is 33.6 Å². The van der Waals surface area contributed by atoms with Crippen molar-refractivity contribution >= 4 is 34.4 Å². The van der Waals surface area contributed by atoms with E-state index >= 15 is 0 Å². The Morgan fingerprint density at radius 3 is 2.09 bits per heavy atom. The van der Waals surface area contributed by atoms with Crippen LogP contribution in [-0.4, -0.2) is 39.1 Å². The summed E-state index contributed by atoms with van der Waals surface area (Å²) < 4.78 is 1.85. The summed E-state index contributed by atoms with van der Waals surface area (Å²) in [6.45, 7) is 0. The second-order valence-corrected chi connectivity index (χ2v) is 5.90. The number of imide groups is 2. The summed E-state index contributed by atoms with van der Waals surface area (Å²) in [5, 5.41) is 3.90. The SMILES string of the molecule is Cn1cc2cc3c(cc2c1)C(=O)N([C@H]1CCC(=O)NC1=O)C3=O. The molecule has 1 saturated heterocycles. The summed E-state index contributed by atoms with van der Waals surface area (Å²) in [5.41, 5.74) is 0.608. The molecule has 23 heavy (non-hydrogen) atoms. The molecule has 7 nitrogen and oxygen atoms in total. The van der Waals surface area contributed by atoms with Crippen LogP contribution in [0.3, 0.4) is 0 Å². The molecule has 4 amide bonds. The molecule has 7 heteroatoms. The van der Waals surface area contributed by atoms with Crippen molar-refractivity contribution in [2.75, 3.05) is 0 Å². The van der Waals surface area contributed by atoms with Gasteiger partial charge in [0.2, 0.25) is 11.8 Å². The number of hydrogen-bond donors (Lipinski definition) is 1. The smallest absolute Gasteiger partial charge is 0.262 e. The molecule has 0 unspecified atom stereocenters. The fourth-order valence-corrected chi connectivity index (χ4v) is 3.25. The molecule has 0 spiro atoms. The maximum absolute atomic E-state index is 12.6. The first kappa shape index (κ1) is 13.7. The van der Waals surface area contributed by atoms with E-state index in [0.29, 0.717) is 11.1 Å². The predicted molar refractivity (Wildman–Crippen MR) is 79.6 cm³/mol. The molecule has 1 aromatic carbocycles. The van der Waals surface area contributed by atoms with Crippen LogP contribution in [-0.2, 0) is 16.6 Å². The standard InChI is InChI=1S/C16H13N3O4/c1-18-6-8-4-10-11(5-9(8)7-18)16(23)19(15(10)22)12-2-3-13(20)17-14(12)21/h4-7,12H,2-3H2,1H3,(H,17,20,21)/t12-/m0/s1. The molecule has 4 rings (SSSR count). The van der Waals surface area contributed by atoms with E-state index in [-0.39, 0.29) is 18.7 Å². The molecular weight excluding hydrogens is 298 g/mol. The van der Waals surface area contributed by atoms with Crippen LogP contribution in [0, 0.1) is 0 Å². The molecule has 1 fully saturated rings. The number of rotatable bonds is 1. The number of fused-ring (bicyclic) bond motifs is 2. The van der Waals surface area contributed by atoms with Crippen molar-refractivity contribution in [1.82, 2.24) is 14.8 Å². The third-order valence-electron chi connectivity index (χ3n) is 4.33. The van der Waals surface area contributed by atoms with Crippen molar-refractivity contribution < 1.29 is 19.2 Å². The zero-order valence-electron chi connectivity index (χ0n) is 12.3. The average Bonchev–Trinajstić information content (AvgIpc) is 2.96. The van der Waals surface area contributed by atoms with Gasteiger partial charge in [-0.1, -0.05) is 0 Å². The lowest BCUT2D eigenvalue weighted by Gasteiger charge is -2.27. The highest BCUT2D eigenvalue weighted by Gasteiger charge is 2.44. The van der Waals surface area contributed by atoms with Crippen molar-refractivity contribution in [2.45, 2.75) is 18.9 Å². The number of carbonyl (C=O) groups is 4. The van der Waals surface area contributed by atoms with Crippen LogP contribution in [0.15, 0.2) is 24.5 Å². The first-order valence-electron chi connectivity index (χ1n) is 7.27. The van der Waals surface area contributed by atoms with Gasteiger partial charge in [-0.15, -0.1) is 0 Å². The zero-order chi connectivity index (χ0) is 16.3. The van der Waals surface area contributed by atoms with E-state index in [1.807, 2.05) is 24.0 Å². The number of carbonyl (C=O) groups excluding carboxylic acids is 4. The molecule has 2 aromatic rings. The van der Waals surface area contributed by atoms with Crippen molar-refractivity contribution in [1.29, 1.82) is 0 Å². The zero-order valence-corrected chi connectivity index (χ0v) is 12.3. The normalized spacial score (nSPS) is 21.1. The lowest BCUT2D eigenvalue weighted by Crippen LogP contribution is -2.54. The van der Waals surface area contributed by atoms with Crippen LogP contribution in [0.5, 0.6) is 0 Å². The molecule has 2 aliphatic rings. The molecule has 2 aliphatic heterocycles. The average molecular weight is 311 g/mol. The van der Waals surface area contributed by atoms with Crippen LogP contribution in [0.4, 0.5) is 0 Å². The lowest BCUT2D eigenvalue weighted by atomic mass is 10.0. The van der Waals surface area contributed by atoms with E-state index in [1.165, 1.54) is 0 Å². The predicted octanol–water partition coefficient (Wildman–Crippen LogP) is 0.579. The van der Waals surface area contributed by atoms with Crippen LogP contribution >= 0.6 is 0 Å². The maximum Gasteiger partial charge on any atom is 0.262 e. The molecule has 3 heterocycles. The van der Waals surface area contributed by atoms with Crippen molar-refractivity contribution in [3.8, 4) is 0 Å². The molecule has 0 saturated carbocycles. The van der Waals surface area contributed by atoms with E-state index in [0.717, 1.165) is 15.7 Å². The minimum atomic E-state index is -0.925. The number of hydrogen-bond acceptors (Lipinski definition) is 4. The van der Waals surface area contributed by atoms with Gasteiger partial charge in [-0.25, -0.2) is 0 Å². The van der Waals surface area contributed by atoms with Gasteiger partial charge >= 0.3 is 0 Å². The van der Waals surface area contributed by atoms with E-state index in [4.69, 9.17) is 0 Å². The number of aromatic nitrogens is 1. The Kier molecular flexibility index (Phi) is 2.69. The summed E-state index contributed by atoms with van der Waals surface area (Å²) in [6, 6.07) is 2.43. The van der Waals surface area contributed by atoms with Gasteiger partial charge in [0.25, 0.3) is 11.8 Å². The Hall–Kier alpha value is -2.96. The summed E-state index contributed by atoms with van der Waals surface area (Å²) in [7, 11) is 1.87. The number of aryl methyl sites for hydroxylation is 1. The molecule has 0 aliphatic carbocycles. The number of piperidine rings is 1. The van der Waals surface area contributed by atoms with Crippen molar-refractivity contribution in [2.24, 2.45) is 7.05 Å². The molecule has 1 atom stereocenters. The second kappa shape index (κ2) is 4.52. The molecule has 0 bridgehead atoms. The lowest BCUT2D eigenvalue weighted by molar-refractivity contribution is -0.136. The number of nitrogens with zero attached hydrogens (tertiary/aromatic N) is 2. The van der Waals surface area contributed by atoms with Gasteiger partial charge in [0, 0.05) is 36.6 Å².